The van der Waals surface area contributed by atoms with E-state index in [-0.39, 0.29) is 55.3 Å². The highest BCUT2D eigenvalue weighted by atomic mass is 31.2. The van der Waals surface area contributed by atoms with E-state index in [1.54, 1.807) is 0 Å². The second-order valence-corrected chi connectivity index (χ2v) is 12.8. The predicted molar refractivity (Wildman–Crippen MR) is 150 cm³/mol. The molecule has 2 aliphatic heterocycles. The number of aliphatic hydroxyl groups is 2. The summed E-state index contributed by atoms with van der Waals surface area (Å²) in [5, 5.41) is 18.7. The van der Waals surface area contributed by atoms with Crippen molar-refractivity contribution in [2.75, 3.05) is 37.9 Å². The summed E-state index contributed by atoms with van der Waals surface area (Å²) in [5.41, 5.74) is 11.2. The van der Waals surface area contributed by atoms with Crippen LogP contribution in [0.3, 0.4) is 0 Å². The van der Waals surface area contributed by atoms with Crippen LogP contribution in [0.25, 0.3) is 11.2 Å². The van der Waals surface area contributed by atoms with Crippen LogP contribution in [0.5, 0.6) is 0 Å². The molecule has 0 radical (unpaired) electrons. The number of imidazole rings is 1. The molecule has 2 unspecified atom stereocenters. The van der Waals surface area contributed by atoms with E-state index in [1.165, 1.54) is 29.5 Å². The number of phosphoric ester groups is 2. The number of nitrogen functional groups attached to an aromatic ring is 2. The Hall–Kier alpha value is -2.91. The molecule has 0 bridgehead atoms. The van der Waals surface area contributed by atoms with Gasteiger partial charge in [0.2, 0.25) is 0 Å². The number of phosphoric acid groups is 2. The molecule has 5 rings (SSSR count). The van der Waals surface area contributed by atoms with E-state index in [2.05, 4.69) is 19.9 Å². The Kier molecular flexibility index (Phi) is 10.3. The normalized spacial score (nSPS) is 27.9. The number of fused-ring (bicyclic) bond motifs is 1. The van der Waals surface area contributed by atoms with Gasteiger partial charge in [0.1, 0.15) is 54.5 Å². The zero-order valence-electron chi connectivity index (χ0n) is 23.4. The lowest BCUT2D eigenvalue weighted by Crippen LogP contribution is -2.30. The highest BCUT2D eigenvalue weighted by Crippen LogP contribution is 2.51. The third-order valence-electron chi connectivity index (χ3n) is 6.90. The fourth-order valence-corrected chi connectivity index (χ4v) is 6.76. The van der Waals surface area contributed by atoms with Gasteiger partial charge in [0.15, 0.2) is 11.5 Å². The van der Waals surface area contributed by atoms with E-state index in [4.69, 9.17) is 44.1 Å². The first-order valence-corrected chi connectivity index (χ1v) is 16.5. The van der Waals surface area contributed by atoms with Gasteiger partial charge >= 0.3 is 21.3 Å². The lowest BCUT2D eigenvalue weighted by Gasteiger charge is -2.23. The SMILES string of the molecule is Nc1ccn([C@H]2C[C@H](OP(=O)(O)OC[C@H]3O[C@@H](n4cnc5c(N)ncnc54)C[C@@H]3OP(=O)(O)OCCCO)[C@@H](CO)O2)c(=O)n1. The summed E-state index contributed by atoms with van der Waals surface area (Å²) < 4.78 is 60.5. The van der Waals surface area contributed by atoms with Gasteiger partial charge in [-0.3, -0.25) is 27.2 Å². The fraction of sp³-hybridized carbons (Fsp3) is 0.591. The van der Waals surface area contributed by atoms with E-state index in [1.807, 2.05) is 0 Å². The second-order valence-electron chi connectivity index (χ2n) is 9.97. The van der Waals surface area contributed by atoms with Crippen molar-refractivity contribution in [2.45, 2.75) is 56.1 Å². The van der Waals surface area contributed by atoms with Crippen LogP contribution in [0.4, 0.5) is 11.6 Å². The molecule has 0 aliphatic carbocycles. The third-order valence-corrected chi connectivity index (χ3v) is 8.95. The molecule has 3 aromatic heterocycles. The largest absolute Gasteiger partial charge is 0.472 e. The summed E-state index contributed by atoms with van der Waals surface area (Å²) in [6, 6.07) is 1.36. The van der Waals surface area contributed by atoms with E-state index < -0.39 is 71.4 Å². The van der Waals surface area contributed by atoms with Crippen LogP contribution in [0.2, 0.25) is 0 Å². The lowest BCUT2D eigenvalue weighted by molar-refractivity contribution is -0.0565. The van der Waals surface area contributed by atoms with Gasteiger partial charge in [-0.25, -0.2) is 28.9 Å². The minimum absolute atomic E-state index is 0.0134. The predicted octanol–water partition coefficient (Wildman–Crippen LogP) is -0.798. The number of hydrogen-bond donors (Lipinski definition) is 6. The van der Waals surface area contributed by atoms with E-state index in [9.17, 15) is 28.8 Å². The first-order chi connectivity index (χ1) is 21.4. The molecule has 248 valence electrons. The number of aromatic nitrogens is 6. The molecule has 2 aliphatic rings. The average Bonchev–Trinajstić information content (AvgIpc) is 3.69. The van der Waals surface area contributed by atoms with E-state index in [0.29, 0.717) is 0 Å². The van der Waals surface area contributed by atoms with E-state index >= 15 is 0 Å². The summed E-state index contributed by atoms with van der Waals surface area (Å²) in [6.45, 7) is -1.85. The molecular formula is C22H32N8O13P2. The van der Waals surface area contributed by atoms with Crippen LogP contribution in [-0.4, -0.2) is 99.9 Å². The van der Waals surface area contributed by atoms with Crippen LogP contribution in [0, 0.1) is 0 Å². The van der Waals surface area contributed by atoms with Crippen molar-refractivity contribution in [2.24, 2.45) is 0 Å². The van der Waals surface area contributed by atoms with Crippen LogP contribution in [0.15, 0.2) is 29.7 Å². The van der Waals surface area contributed by atoms with Crippen molar-refractivity contribution in [3.8, 4) is 0 Å². The Morgan fingerprint density at radius 2 is 1.62 bits per heavy atom. The van der Waals surface area contributed by atoms with Gasteiger partial charge in [-0.05, 0) is 12.5 Å². The Morgan fingerprint density at radius 3 is 2.31 bits per heavy atom. The molecule has 8 atom stereocenters. The van der Waals surface area contributed by atoms with Gasteiger partial charge in [0.25, 0.3) is 0 Å². The van der Waals surface area contributed by atoms with Crippen LogP contribution in [0.1, 0.15) is 31.7 Å². The Bertz CT molecular complexity index is 1640. The molecule has 45 heavy (non-hydrogen) atoms. The quantitative estimate of drug-likeness (QED) is 0.0898. The molecule has 3 aromatic rings. The Balaban J connectivity index is 1.28. The van der Waals surface area contributed by atoms with Gasteiger partial charge in [-0.2, -0.15) is 4.98 Å². The zero-order chi connectivity index (χ0) is 32.4. The first kappa shape index (κ1) is 33.5. The summed E-state index contributed by atoms with van der Waals surface area (Å²) in [4.78, 5) is 48.9. The topological polar surface area (TPSA) is 301 Å². The van der Waals surface area contributed by atoms with Crippen LogP contribution in [-0.2, 0) is 36.7 Å². The molecular weight excluding hydrogens is 646 g/mol. The van der Waals surface area contributed by atoms with Gasteiger partial charge in [-0.15, -0.1) is 0 Å². The Labute approximate surface area is 253 Å². The van der Waals surface area contributed by atoms with Crippen molar-refractivity contribution in [1.29, 1.82) is 0 Å². The van der Waals surface area contributed by atoms with Crippen molar-refractivity contribution >= 4 is 38.4 Å². The molecule has 5 heterocycles. The molecule has 0 amide bonds. The maximum atomic E-state index is 13.0. The Morgan fingerprint density at radius 1 is 0.956 bits per heavy atom. The zero-order valence-corrected chi connectivity index (χ0v) is 25.2. The molecule has 2 saturated heterocycles. The molecule has 23 heteroatoms. The van der Waals surface area contributed by atoms with Crippen LogP contribution < -0.4 is 17.2 Å². The minimum Gasteiger partial charge on any atom is -0.396 e. The monoisotopic (exact) mass is 678 g/mol. The summed E-state index contributed by atoms with van der Waals surface area (Å²) in [5.74, 6) is 0.0948. The third kappa shape index (κ3) is 7.91. The van der Waals surface area contributed by atoms with Gasteiger partial charge in [0, 0.05) is 25.6 Å². The van der Waals surface area contributed by atoms with Crippen molar-refractivity contribution in [3.05, 3.63) is 35.4 Å². The number of aliphatic hydroxyl groups excluding tert-OH is 2. The number of hydrogen-bond acceptors (Lipinski definition) is 17. The second kappa shape index (κ2) is 13.8. The van der Waals surface area contributed by atoms with Gasteiger partial charge < -0.3 is 40.9 Å². The molecule has 2 fully saturated rings. The summed E-state index contributed by atoms with van der Waals surface area (Å²) >= 11 is 0. The van der Waals surface area contributed by atoms with Crippen molar-refractivity contribution < 1.29 is 56.7 Å². The van der Waals surface area contributed by atoms with Crippen molar-refractivity contribution in [1.82, 2.24) is 29.1 Å². The molecule has 0 saturated carbocycles. The van der Waals surface area contributed by atoms with Gasteiger partial charge in [-0.1, -0.05) is 0 Å². The number of ether oxygens (including phenoxy) is 2. The number of nitrogens with two attached hydrogens (primary N) is 2. The maximum Gasteiger partial charge on any atom is 0.472 e. The number of rotatable bonds is 14. The standard InChI is InChI=1S/C22H32N8O13P2/c23-16-2-3-29(22(33)28-16)17-6-12(14(8-32)40-17)42-45(36,37)39-9-15-13(43-44(34,35)38-5-1-4-31)7-18(41-15)30-11-27-19-20(24)25-10-26-21(19)30/h2-3,10-15,17-18,31-32H,1,4-9H2,(H,34,35)(H,36,37)(H2,23,28,33)(H2,24,25,26)/t12-,13-,14+,15+,17+,18+/m0/s1. The smallest absolute Gasteiger partial charge is 0.396 e. The molecule has 0 spiro atoms. The molecule has 8 N–H and O–H groups in total. The van der Waals surface area contributed by atoms with E-state index in [0.717, 1.165) is 4.57 Å². The molecule has 0 aromatic carbocycles. The number of anilines is 2. The van der Waals surface area contributed by atoms with Crippen LogP contribution >= 0.6 is 15.6 Å². The number of nitrogens with zero attached hydrogens (tertiary/aromatic N) is 6. The first-order valence-electron chi connectivity index (χ1n) is 13.5. The lowest BCUT2D eigenvalue weighted by atomic mass is 10.2. The highest BCUT2D eigenvalue weighted by Gasteiger charge is 2.45. The minimum atomic E-state index is -4.90. The molecule has 21 nitrogen and oxygen atoms in total. The highest BCUT2D eigenvalue weighted by molar-refractivity contribution is 7.47. The maximum absolute atomic E-state index is 13.0. The summed E-state index contributed by atoms with van der Waals surface area (Å²) in [7, 11) is -9.58. The fourth-order valence-electron chi connectivity index (χ4n) is 4.82. The van der Waals surface area contributed by atoms with Crippen molar-refractivity contribution in [3.63, 3.8) is 0 Å². The summed E-state index contributed by atoms with van der Waals surface area (Å²) in [6.07, 6.45) is -2.86. The van der Waals surface area contributed by atoms with Gasteiger partial charge in [0.05, 0.1) is 26.1 Å². The average molecular weight is 678 g/mol.